The molecule has 2 aromatic heterocycles. The van der Waals surface area contributed by atoms with Crippen LogP contribution in [0.25, 0.3) is 50.3 Å². The van der Waals surface area contributed by atoms with Crippen molar-refractivity contribution in [2.24, 2.45) is 0 Å². The summed E-state index contributed by atoms with van der Waals surface area (Å²) in [5.74, 6) is 0.616. The third kappa shape index (κ3) is 3.56. The Morgan fingerprint density at radius 1 is 0.515 bits per heavy atom. The topological polar surface area (TPSA) is 30.7 Å². The predicted octanol–water partition coefficient (Wildman–Crippen LogP) is 8.21. The number of para-hydroxylation sites is 2. The average molecular weight is 466 g/mol. The number of hydrogen-bond acceptors (Lipinski definition) is 2. The largest absolute Gasteiger partial charge is 0.278 e. The van der Waals surface area contributed by atoms with Gasteiger partial charge in [0, 0.05) is 31.9 Å². The Balaban J connectivity index is 1.67. The zero-order valence-electron chi connectivity index (χ0n) is 17.4. The molecule has 2 heterocycles. The Hall–Kier alpha value is -3.66. The minimum atomic E-state index is 0.616. The Morgan fingerprint density at radius 2 is 0.939 bits per heavy atom. The SMILES string of the molecule is Clc1ccc(-c2cc(-c3ccc(Cl)cc3)nc(-n3c4ccccc4c4ccccc43)n2)cc1. The van der Waals surface area contributed by atoms with E-state index in [0.717, 1.165) is 33.5 Å². The Morgan fingerprint density at radius 3 is 1.39 bits per heavy atom. The van der Waals surface area contributed by atoms with Crippen LogP contribution in [0, 0.1) is 0 Å². The highest BCUT2D eigenvalue weighted by Crippen LogP contribution is 2.33. The second-order valence-corrected chi connectivity index (χ2v) is 8.69. The molecule has 33 heavy (non-hydrogen) atoms. The molecule has 3 nitrogen and oxygen atoms in total. The first-order chi connectivity index (χ1) is 16.2. The fourth-order valence-corrected chi connectivity index (χ4v) is 4.46. The molecule has 6 rings (SSSR count). The third-order valence-corrected chi connectivity index (χ3v) is 6.28. The van der Waals surface area contributed by atoms with Crippen molar-refractivity contribution in [1.82, 2.24) is 14.5 Å². The number of rotatable bonds is 3. The molecule has 0 aliphatic carbocycles. The van der Waals surface area contributed by atoms with Gasteiger partial charge in [-0.15, -0.1) is 0 Å². The quantitative estimate of drug-likeness (QED) is 0.263. The highest BCUT2D eigenvalue weighted by molar-refractivity contribution is 6.31. The van der Waals surface area contributed by atoms with Gasteiger partial charge in [0.25, 0.3) is 0 Å². The van der Waals surface area contributed by atoms with E-state index in [2.05, 4.69) is 41.0 Å². The molecule has 0 spiro atoms. The number of halogens is 2. The van der Waals surface area contributed by atoms with Crippen LogP contribution in [-0.4, -0.2) is 14.5 Å². The van der Waals surface area contributed by atoms with E-state index in [1.165, 1.54) is 10.8 Å². The van der Waals surface area contributed by atoms with Crippen molar-refractivity contribution in [1.29, 1.82) is 0 Å². The van der Waals surface area contributed by atoms with E-state index in [4.69, 9.17) is 33.2 Å². The van der Waals surface area contributed by atoms with Crippen molar-refractivity contribution in [3.8, 4) is 28.5 Å². The standard InChI is InChI=1S/C28H17Cl2N3/c29-20-13-9-18(10-14-20)24-17-25(19-11-15-21(30)16-12-19)32-28(31-24)33-26-7-3-1-5-22(26)23-6-2-4-8-27(23)33/h1-17H. The normalized spacial score (nSPS) is 11.3. The van der Waals surface area contributed by atoms with Crippen molar-refractivity contribution in [2.45, 2.75) is 0 Å². The minimum absolute atomic E-state index is 0.616. The van der Waals surface area contributed by atoms with E-state index in [-0.39, 0.29) is 0 Å². The predicted molar refractivity (Wildman–Crippen MR) is 137 cm³/mol. The summed E-state index contributed by atoms with van der Waals surface area (Å²) in [7, 11) is 0. The molecule has 0 unspecified atom stereocenters. The lowest BCUT2D eigenvalue weighted by molar-refractivity contribution is 0.995. The van der Waals surface area contributed by atoms with Crippen LogP contribution in [0.1, 0.15) is 0 Å². The summed E-state index contributed by atoms with van der Waals surface area (Å²) in [5.41, 5.74) is 5.72. The molecule has 0 saturated heterocycles. The van der Waals surface area contributed by atoms with Gasteiger partial charge < -0.3 is 0 Å². The van der Waals surface area contributed by atoms with Gasteiger partial charge in [0.1, 0.15) is 0 Å². The van der Waals surface area contributed by atoms with Crippen LogP contribution in [0.3, 0.4) is 0 Å². The van der Waals surface area contributed by atoms with E-state index >= 15 is 0 Å². The van der Waals surface area contributed by atoms with Gasteiger partial charge in [0.05, 0.1) is 22.4 Å². The number of benzene rings is 4. The molecule has 0 radical (unpaired) electrons. The van der Waals surface area contributed by atoms with E-state index < -0.39 is 0 Å². The molecule has 0 amide bonds. The fourth-order valence-electron chi connectivity index (χ4n) is 4.21. The Labute approximate surface area is 200 Å². The third-order valence-electron chi connectivity index (χ3n) is 5.77. The van der Waals surface area contributed by atoms with Crippen molar-refractivity contribution in [2.75, 3.05) is 0 Å². The van der Waals surface area contributed by atoms with Crippen molar-refractivity contribution < 1.29 is 0 Å². The molecule has 4 aromatic carbocycles. The lowest BCUT2D eigenvalue weighted by Gasteiger charge is -2.12. The number of hydrogen-bond donors (Lipinski definition) is 0. The van der Waals surface area contributed by atoms with Gasteiger partial charge in [-0.1, -0.05) is 83.9 Å². The highest BCUT2D eigenvalue weighted by atomic mass is 35.5. The molecule has 0 saturated carbocycles. The van der Waals surface area contributed by atoms with Crippen LogP contribution in [0.2, 0.25) is 10.0 Å². The van der Waals surface area contributed by atoms with Crippen LogP contribution < -0.4 is 0 Å². The summed E-state index contributed by atoms with van der Waals surface area (Å²) in [5, 5.41) is 3.71. The first kappa shape index (κ1) is 20.0. The van der Waals surface area contributed by atoms with Crippen LogP contribution in [-0.2, 0) is 0 Å². The molecule has 0 N–H and O–H groups in total. The lowest BCUT2D eigenvalue weighted by atomic mass is 10.1. The van der Waals surface area contributed by atoms with Crippen molar-refractivity contribution >= 4 is 45.0 Å². The maximum Gasteiger partial charge on any atom is 0.235 e. The summed E-state index contributed by atoms with van der Waals surface area (Å²) >= 11 is 12.3. The summed E-state index contributed by atoms with van der Waals surface area (Å²) in [4.78, 5) is 10.0. The van der Waals surface area contributed by atoms with E-state index in [1.54, 1.807) is 0 Å². The van der Waals surface area contributed by atoms with Gasteiger partial charge in [-0.2, -0.15) is 0 Å². The van der Waals surface area contributed by atoms with Crippen LogP contribution in [0.5, 0.6) is 0 Å². The van der Waals surface area contributed by atoms with Crippen LogP contribution >= 0.6 is 23.2 Å². The summed E-state index contributed by atoms with van der Waals surface area (Å²) in [6.07, 6.45) is 0. The zero-order chi connectivity index (χ0) is 22.4. The maximum absolute atomic E-state index is 6.13. The van der Waals surface area contributed by atoms with Gasteiger partial charge in [-0.25, -0.2) is 9.97 Å². The molecule has 6 aromatic rings. The monoisotopic (exact) mass is 465 g/mol. The molecule has 0 atom stereocenters. The maximum atomic E-state index is 6.13. The van der Waals surface area contributed by atoms with Gasteiger partial charge in [0.2, 0.25) is 5.95 Å². The molecule has 5 heteroatoms. The van der Waals surface area contributed by atoms with Gasteiger partial charge in [-0.05, 0) is 42.5 Å². The molecule has 158 valence electrons. The first-order valence-electron chi connectivity index (χ1n) is 10.6. The van der Waals surface area contributed by atoms with Crippen molar-refractivity contribution in [3.63, 3.8) is 0 Å². The number of fused-ring (bicyclic) bond motifs is 3. The second-order valence-electron chi connectivity index (χ2n) is 7.82. The number of nitrogens with zero attached hydrogens (tertiary/aromatic N) is 3. The van der Waals surface area contributed by atoms with Gasteiger partial charge in [-0.3, -0.25) is 4.57 Å². The molecule has 0 bridgehead atoms. The van der Waals surface area contributed by atoms with Crippen molar-refractivity contribution in [3.05, 3.63) is 113 Å². The average Bonchev–Trinajstić information content (AvgIpc) is 3.19. The molecule has 0 aliphatic heterocycles. The van der Waals surface area contributed by atoms with E-state index in [9.17, 15) is 0 Å². The summed E-state index contributed by atoms with van der Waals surface area (Å²) < 4.78 is 2.13. The molecular formula is C28H17Cl2N3. The first-order valence-corrected chi connectivity index (χ1v) is 11.3. The molecule has 0 fully saturated rings. The van der Waals surface area contributed by atoms with Gasteiger partial charge in [0.15, 0.2) is 0 Å². The lowest BCUT2D eigenvalue weighted by Crippen LogP contribution is -2.03. The van der Waals surface area contributed by atoms with Gasteiger partial charge >= 0.3 is 0 Å². The second kappa shape index (κ2) is 8.04. The van der Waals surface area contributed by atoms with E-state index in [0.29, 0.717) is 16.0 Å². The Bertz CT molecular complexity index is 1500. The summed E-state index contributed by atoms with van der Waals surface area (Å²) in [6, 6.07) is 34.1. The minimum Gasteiger partial charge on any atom is -0.278 e. The number of aromatic nitrogens is 3. The fraction of sp³-hybridized carbons (Fsp3) is 0. The smallest absolute Gasteiger partial charge is 0.235 e. The molecular weight excluding hydrogens is 449 g/mol. The van der Waals surface area contributed by atoms with E-state index in [1.807, 2.05) is 66.7 Å². The Kier molecular flexibility index (Phi) is 4.87. The highest BCUT2D eigenvalue weighted by Gasteiger charge is 2.16. The molecule has 0 aliphatic rings. The van der Waals surface area contributed by atoms with Crippen LogP contribution in [0.4, 0.5) is 0 Å². The summed E-state index contributed by atoms with van der Waals surface area (Å²) in [6.45, 7) is 0. The van der Waals surface area contributed by atoms with Crippen LogP contribution in [0.15, 0.2) is 103 Å². The zero-order valence-corrected chi connectivity index (χ0v) is 18.9.